The maximum Gasteiger partial charge on any atom is 0 e. The minimum absolute atomic E-state index is 0. The Hall–Kier alpha value is 1.42. The molecule has 8 heavy (non-hydrogen) atoms. The number of hydrogen-bond acceptors (Lipinski definition) is 0. The minimum Gasteiger partial charge on any atom is -0.673 e. The van der Waals surface area contributed by atoms with E-state index in [2.05, 4.69) is 0 Å². The van der Waals surface area contributed by atoms with Gasteiger partial charge in [0.15, 0.2) is 0 Å². The van der Waals surface area contributed by atoms with E-state index in [0.29, 0.717) is 0 Å². The Morgan fingerprint density at radius 2 is 1.00 bits per heavy atom. The van der Waals surface area contributed by atoms with Gasteiger partial charge in [0.25, 0.3) is 0 Å². The van der Waals surface area contributed by atoms with Gasteiger partial charge in [-0.1, -0.05) is 20.8 Å². The first-order chi connectivity index (χ1) is 2.00. The largest absolute Gasteiger partial charge is 0.673 e. The second kappa shape index (κ2) is 8.42. The predicted molar refractivity (Wildman–Crippen MR) is 38.6 cm³/mol. The number of rotatable bonds is 0. The maximum absolute atomic E-state index is 6.94. The maximum atomic E-state index is 6.94. The van der Waals surface area contributed by atoms with Crippen LogP contribution in [-0.2, 0) is 26.2 Å². The molecule has 0 aromatic rings. The molecule has 1 nitrogen and oxygen atoms in total. The predicted octanol–water partition coefficient (Wildman–Crippen LogP) is 2.68. The summed E-state index contributed by atoms with van der Waals surface area (Å²) in [6.07, 6.45) is 0. The van der Waals surface area contributed by atoms with Gasteiger partial charge in [-0.25, -0.2) is 0 Å². The fourth-order valence-corrected chi connectivity index (χ4v) is 0. The molecule has 0 spiro atoms. The van der Waals surface area contributed by atoms with E-state index in [4.69, 9.17) is 5.73 Å². The van der Waals surface area contributed by atoms with Gasteiger partial charge in [0.05, 0.1) is 0 Å². The van der Waals surface area contributed by atoms with Gasteiger partial charge in [-0.05, 0) is 0 Å². The number of hydrogen-bond donors (Lipinski definition) is 0. The molecule has 0 radical (unpaired) electrons. The van der Waals surface area contributed by atoms with Crippen molar-refractivity contribution >= 4 is 24.8 Å². The third-order valence-electron chi connectivity index (χ3n) is 0. The zero-order valence-electron chi connectivity index (χ0n) is 5.32. The number of halogens is 2. The van der Waals surface area contributed by atoms with Crippen LogP contribution in [0.1, 0.15) is 20.8 Å². The van der Waals surface area contributed by atoms with Crippen LogP contribution in [0.5, 0.6) is 0 Å². The van der Waals surface area contributed by atoms with Crippen molar-refractivity contribution in [2.75, 3.05) is 0 Å². The first-order valence-electron chi connectivity index (χ1n) is 1.75. The molecule has 0 saturated heterocycles. The standard InChI is InChI=1S/C4H10N.2ClH.Zr/c1-4(2,3)5;;;/h5H,1-3H3;2*1H;/q-1;;;. The van der Waals surface area contributed by atoms with Gasteiger partial charge in [-0.2, -0.15) is 0 Å². The molecule has 0 heterocycles. The van der Waals surface area contributed by atoms with Crippen LogP contribution in [0, 0.1) is 0 Å². The van der Waals surface area contributed by atoms with E-state index in [-0.39, 0.29) is 56.6 Å². The summed E-state index contributed by atoms with van der Waals surface area (Å²) in [5.74, 6) is 0. The van der Waals surface area contributed by atoms with Crippen LogP contribution in [0.2, 0.25) is 0 Å². The molecule has 0 amide bonds. The van der Waals surface area contributed by atoms with Crippen molar-refractivity contribution in [2.24, 2.45) is 0 Å². The summed E-state index contributed by atoms with van der Waals surface area (Å²) in [7, 11) is 0. The Bertz CT molecular complexity index is 29.5. The quantitative estimate of drug-likeness (QED) is 0.617. The fraction of sp³-hybridized carbons (Fsp3) is 1.00. The Morgan fingerprint density at radius 1 is 1.00 bits per heavy atom. The molecule has 0 aromatic heterocycles. The molecule has 1 N–H and O–H groups in total. The van der Waals surface area contributed by atoms with Gasteiger partial charge < -0.3 is 5.73 Å². The average Bonchev–Trinajstić information content (AvgIpc) is 0.722. The van der Waals surface area contributed by atoms with Crippen molar-refractivity contribution in [3.05, 3.63) is 5.73 Å². The molecular formula is C4H12Cl2NZr-. The zero-order chi connectivity index (χ0) is 4.50. The third kappa shape index (κ3) is 151. The van der Waals surface area contributed by atoms with Gasteiger partial charge in [0.2, 0.25) is 0 Å². The summed E-state index contributed by atoms with van der Waals surface area (Å²) < 4.78 is 0. The van der Waals surface area contributed by atoms with Crippen molar-refractivity contribution < 1.29 is 26.2 Å². The van der Waals surface area contributed by atoms with E-state index in [1.54, 1.807) is 0 Å². The van der Waals surface area contributed by atoms with Crippen LogP contribution in [0.3, 0.4) is 0 Å². The average molecular weight is 236 g/mol. The van der Waals surface area contributed by atoms with E-state index in [1.807, 2.05) is 20.8 Å². The molecule has 0 aliphatic heterocycles. The normalized spacial score (nSPS) is 7.50. The zero-order valence-corrected chi connectivity index (χ0v) is 9.41. The van der Waals surface area contributed by atoms with Crippen LogP contribution in [-0.4, -0.2) is 5.54 Å². The molecule has 0 fully saturated rings. The van der Waals surface area contributed by atoms with Crippen LogP contribution in [0.15, 0.2) is 0 Å². The van der Waals surface area contributed by atoms with Crippen molar-refractivity contribution in [1.82, 2.24) is 0 Å². The molecule has 0 aliphatic carbocycles. The van der Waals surface area contributed by atoms with Gasteiger partial charge in [0, 0.05) is 26.2 Å². The van der Waals surface area contributed by atoms with E-state index in [1.165, 1.54) is 0 Å². The Labute approximate surface area is 82.7 Å². The van der Waals surface area contributed by atoms with Crippen molar-refractivity contribution in [3.63, 3.8) is 0 Å². The Morgan fingerprint density at radius 3 is 1.00 bits per heavy atom. The molecule has 52 valence electrons. The number of nitrogens with one attached hydrogen (secondary N) is 1. The molecule has 0 rings (SSSR count). The van der Waals surface area contributed by atoms with Gasteiger partial charge in [0.1, 0.15) is 0 Å². The van der Waals surface area contributed by atoms with Gasteiger partial charge in [-0.3, -0.25) is 0 Å². The summed E-state index contributed by atoms with van der Waals surface area (Å²) in [4.78, 5) is 0. The van der Waals surface area contributed by atoms with Crippen molar-refractivity contribution in [2.45, 2.75) is 26.3 Å². The van der Waals surface area contributed by atoms with Crippen LogP contribution in [0.25, 0.3) is 5.73 Å². The molecule has 4 heteroatoms. The van der Waals surface area contributed by atoms with Crippen LogP contribution >= 0.6 is 24.8 Å². The summed E-state index contributed by atoms with van der Waals surface area (Å²) in [6.45, 7) is 5.56. The topological polar surface area (TPSA) is 23.8 Å². The molecule has 0 bridgehead atoms. The summed E-state index contributed by atoms with van der Waals surface area (Å²) in [5, 5.41) is 0. The summed E-state index contributed by atoms with van der Waals surface area (Å²) in [5.41, 5.74) is 6.69. The molecular weight excluding hydrogens is 224 g/mol. The SMILES string of the molecule is CC(C)(C)[NH-].Cl.Cl.[Zr]. The second-order valence-corrected chi connectivity index (χ2v) is 2.25. The molecule has 0 aromatic carbocycles. The van der Waals surface area contributed by atoms with E-state index < -0.39 is 0 Å². The van der Waals surface area contributed by atoms with Crippen molar-refractivity contribution in [1.29, 1.82) is 0 Å². The van der Waals surface area contributed by atoms with Crippen LogP contribution < -0.4 is 0 Å². The minimum atomic E-state index is -0.250. The second-order valence-electron chi connectivity index (χ2n) is 2.25. The molecule has 0 aliphatic rings. The molecule has 0 atom stereocenters. The molecule has 0 saturated carbocycles. The Balaban J connectivity index is -0.0000000267. The monoisotopic (exact) mass is 234 g/mol. The first-order valence-corrected chi connectivity index (χ1v) is 1.75. The Kier molecular flexibility index (Phi) is 23.9. The van der Waals surface area contributed by atoms with E-state index in [9.17, 15) is 0 Å². The fourth-order valence-electron chi connectivity index (χ4n) is 0. The summed E-state index contributed by atoms with van der Waals surface area (Å²) >= 11 is 0. The van der Waals surface area contributed by atoms with Crippen molar-refractivity contribution in [3.8, 4) is 0 Å². The van der Waals surface area contributed by atoms with Gasteiger partial charge >= 0.3 is 0 Å². The van der Waals surface area contributed by atoms with E-state index >= 15 is 0 Å². The molecule has 0 unspecified atom stereocenters. The van der Waals surface area contributed by atoms with Gasteiger partial charge in [-0.15, -0.1) is 30.4 Å². The first kappa shape index (κ1) is 22.7. The van der Waals surface area contributed by atoms with Crippen LogP contribution in [0.4, 0.5) is 0 Å². The smallest absolute Gasteiger partial charge is 0 e. The third-order valence-corrected chi connectivity index (χ3v) is 0. The van der Waals surface area contributed by atoms with E-state index in [0.717, 1.165) is 0 Å². The summed E-state index contributed by atoms with van der Waals surface area (Å²) in [6, 6.07) is 0.